The van der Waals surface area contributed by atoms with Gasteiger partial charge in [-0.05, 0) is 36.4 Å². The largest absolute Gasteiger partial charge is 0.467 e. The number of halogens is 2. The molecule has 18 heavy (non-hydrogen) atoms. The van der Waals surface area contributed by atoms with Crippen molar-refractivity contribution in [3.8, 4) is 0 Å². The van der Waals surface area contributed by atoms with Crippen molar-refractivity contribution < 1.29 is 9.21 Å². The van der Waals surface area contributed by atoms with E-state index in [-0.39, 0.29) is 11.8 Å². The summed E-state index contributed by atoms with van der Waals surface area (Å²) in [4.78, 5) is 13.4. The first-order valence-corrected chi connectivity index (χ1v) is 6.26. The highest BCUT2D eigenvalue weighted by Crippen LogP contribution is 2.20. The molecule has 1 aromatic carbocycles. The van der Waals surface area contributed by atoms with Gasteiger partial charge in [0.05, 0.1) is 12.8 Å². The van der Waals surface area contributed by atoms with Gasteiger partial charge in [-0.1, -0.05) is 11.6 Å². The van der Waals surface area contributed by atoms with Crippen LogP contribution in [0.15, 0.2) is 47.1 Å². The summed E-state index contributed by atoms with van der Waals surface area (Å²) in [5.74, 6) is 0.433. The van der Waals surface area contributed by atoms with Gasteiger partial charge in [0.2, 0.25) is 5.91 Å². The molecule has 0 aliphatic heterocycles. The Hall–Kier alpha value is -1.45. The second-order valence-electron chi connectivity index (χ2n) is 3.67. The second kappa shape index (κ2) is 5.94. The molecule has 0 spiro atoms. The second-order valence-corrected chi connectivity index (χ2v) is 4.37. The number of rotatable bonds is 4. The third-order valence-corrected chi connectivity index (χ3v) is 2.93. The summed E-state index contributed by atoms with van der Waals surface area (Å²) in [5.41, 5.74) is 0.737. The van der Waals surface area contributed by atoms with Crippen LogP contribution in [-0.4, -0.2) is 11.8 Å². The first kappa shape index (κ1) is 13.0. The van der Waals surface area contributed by atoms with Gasteiger partial charge in [0.1, 0.15) is 11.6 Å². The lowest BCUT2D eigenvalue weighted by Crippen LogP contribution is -2.31. The van der Waals surface area contributed by atoms with Gasteiger partial charge in [0.25, 0.3) is 0 Å². The van der Waals surface area contributed by atoms with E-state index in [9.17, 15) is 4.79 Å². The van der Waals surface area contributed by atoms with E-state index in [4.69, 9.17) is 27.6 Å². The quantitative estimate of drug-likeness (QED) is 0.802. The standard InChI is InChI=1S/C13H11Cl2NO2/c14-8-13(17)16(9-12-2-1-7-18-12)11-5-3-10(15)4-6-11/h1-7H,8-9H2. The number of carbonyl (C=O) groups excluding carboxylic acids is 1. The molecule has 0 atom stereocenters. The lowest BCUT2D eigenvalue weighted by Gasteiger charge is -2.20. The summed E-state index contributed by atoms with van der Waals surface area (Å²) in [7, 11) is 0. The summed E-state index contributed by atoms with van der Waals surface area (Å²) in [5, 5.41) is 0.620. The summed E-state index contributed by atoms with van der Waals surface area (Å²) < 4.78 is 5.24. The maximum absolute atomic E-state index is 11.8. The van der Waals surface area contributed by atoms with E-state index in [0.717, 1.165) is 5.69 Å². The van der Waals surface area contributed by atoms with Crippen molar-refractivity contribution in [2.75, 3.05) is 10.8 Å². The maximum atomic E-state index is 11.8. The average Bonchev–Trinajstić information content (AvgIpc) is 2.89. The molecule has 0 saturated carbocycles. The molecule has 3 nitrogen and oxygen atoms in total. The number of alkyl halides is 1. The van der Waals surface area contributed by atoms with Crippen molar-refractivity contribution in [3.63, 3.8) is 0 Å². The van der Waals surface area contributed by atoms with Crippen molar-refractivity contribution in [2.24, 2.45) is 0 Å². The molecular formula is C13H11Cl2NO2. The summed E-state index contributed by atoms with van der Waals surface area (Å²) in [6, 6.07) is 10.6. The van der Waals surface area contributed by atoms with Gasteiger partial charge in [-0.15, -0.1) is 11.6 Å². The number of hydrogen-bond donors (Lipinski definition) is 0. The zero-order valence-corrected chi connectivity index (χ0v) is 11.0. The number of nitrogens with zero attached hydrogens (tertiary/aromatic N) is 1. The molecule has 0 saturated heterocycles. The third-order valence-electron chi connectivity index (χ3n) is 2.45. The van der Waals surface area contributed by atoms with Crippen LogP contribution in [0.4, 0.5) is 5.69 Å². The fourth-order valence-electron chi connectivity index (χ4n) is 1.58. The average molecular weight is 284 g/mol. The molecule has 0 aliphatic carbocycles. The molecule has 1 amide bonds. The number of benzene rings is 1. The maximum Gasteiger partial charge on any atom is 0.242 e. The zero-order chi connectivity index (χ0) is 13.0. The minimum absolute atomic E-state index is 0.0800. The van der Waals surface area contributed by atoms with E-state index in [1.54, 1.807) is 41.5 Å². The molecule has 0 fully saturated rings. The lowest BCUT2D eigenvalue weighted by molar-refractivity contribution is -0.116. The van der Waals surface area contributed by atoms with Crippen LogP contribution >= 0.6 is 23.2 Å². The Morgan fingerprint density at radius 1 is 1.22 bits per heavy atom. The predicted molar refractivity (Wildman–Crippen MR) is 72.1 cm³/mol. The van der Waals surface area contributed by atoms with Gasteiger partial charge >= 0.3 is 0 Å². The molecule has 94 valence electrons. The van der Waals surface area contributed by atoms with Crippen LogP contribution in [0, 0.1) is 0 Å². The Morgan fingerprint density at radius 2 is 1.94 bits per heavy atom. The fraction of sp³-hybridized carbons (Fsp3) is 0.154. The number of amides is 1. The third kappa shape index (κ3) is 3.06. The van der Waals surface area contributed by atoms with Crippen molar-refractivity contribution in [1.82, 2.24) is 0 Å². The molecule has 0 radical (unpaired) electrons. The molecule has 1 heterocycles. The molecule has 1 aromatic heterocycles. The van der Waals surface area contributed by atoms with Crippen molar-refractivity contribution in [2.45, 2.75) is 6.54 Å². The Morgan fingerprint density at radius 3 is 2.50 bits per heavy atom. The van der Waals surface area contributed by atoms with E-state index in [2.05, 4.69) is 0 Å². The molecule has 0 bridgehead atoms. The monoisotopic (exact) mass is 283 g/mol. The fourth-order valence-corrected chi connectivity index (χ4v) is 1.85. The van der Waals surface area contributed by atoms with Crippen molar-refractivity contribution >= 4 is 34.8 Å². The normalized spacial score (nSPS) is 10.3. The topological polar surface area (TPSA) is 33.5 Å². The molecule has 0 unspecified atom stereocenters. The summed E-state index contributed by atoms with van der Waals surface area (Å²) in [6.07, 6.45) is 1.57. The highest BCUT2D eigenvalue weighted by Gasteiger charge is 2.16. The Balaban J connectivity index is 2.25. The number of anilines is 1. The van der Waals surface area contributed by atoms with E-state index >= 15 is 0 Å². The molecule has 5 heteroatoms. The van der Waals surface area contributed by atoms with E-state index < -0.39 is 0 Å². The van der Waals surface area contributed by atoms with Gasteiger partial charge in [-0.2, -0.15) is 0 Å². The van der Waals surface area contributed by atoms with Crippen LogP contribution in [0.2, 0.25) is 5.02 Å². The number of hydrogen-bond acceptors (Lipinski definition) is 2. The van der Waals surface area contributed by atoms with E-state index in [0.29, 0.717) is 17.3 Å². The highest BCUT2D eigenvalue weighted by molar-refractivity contribution is 6.31. The first-order chi connectivity index (χ1) is 8.70. The summed E-state index contributed by atoms with van der Waals surface area (Å²) in [6.45, 7) is 0.347. The highest BCUT2D eigenvalue weighted by atomic mass is 35.5. The van der Waals surface area contributed by atoms with Crippen molar-refractivity contribution in [3.05, 3.63) is 53.4 Å². The Kier molecular flexibility index (Phi) is 4.28. The zero-order valence-electron chi connectivity index (χ0n) is 9.48. The van der Waals surface area contributed by atoms with Gasteiger partial charge in [-0.3, -0.25) is 4.79 Å². The van der Waals surface area contributed by atoms with Crippen LogP contribution in [0.5, 0.6) is 0 Å². The SMILES string of the molecule is O=C(CCl)N(Cc1ccco1)c1ccc(Cl)cc1. The van der Waals surface area contributed by atoms with Crippen LogP contribution < -0.4 is 4.90 Å². The Bertz CT molecular complexity index is 508. The molecular weight excluding hydrogens is 273 g/mol. The predicted octanol–water partition coefficient (Wildman–Crippen LogP) is 3.71. The van der Waals surface area contributed by atoms with E-state index in [1.807, 2.05) is 6.07 Å². The van der Waals surface area contributed by atoms with Gasteiger partial charge < -0.3 is 9.32 Å². The van der Waals surface area contributed by atoms with Crippen LogP contribution in [0.1, 0.15) is 5.76 Å². The van der Waals surface area contributed by atoms with Gasteiger partial charge in [0, 0.05) is 10.7 Å². The van der Waals surface area contributed by atoms with Gasteiger partial charge in [-0.25, -0.2) is 0 Å². The van der Waals surface area contributed by atoms with Gasteiger partial charge in [0.15, 0.2) is 0 Å². The molecule has 0 aliphatic rings. The number of carbonyl (C=O) groups is 1. The van der Waals surface area contributed by atoms with Crippen LogP contribution in [0.3, 0.4) is 0 Å². The molecule has 2 aromatic rings. The summed E-state index contributed by atoms with van der Waals surface area (Å²) >= 11 is 11.4. The number of furan rings is 1. The molecule has 0 N–H and O–H groups in total. The van der Waals surface area contributed by atoms with Crippen LogP contribution in [0.25, 0.3) is 0 Å². The molecule has 2 rings (SSSR count). The Labute approximate surface area is 115 Å². The van der Waals surface area contributed by atoms with Crippen LogP contribution in [-0.2, 0) is 11.3 Å². The minimum atomic E-state index is -0.185. The minimum Gasteiger partial charge on any atom is -0.467 e. The van der Waals surface area contributed by atoms with Crippen molar-refractivity contribution in [1.29, 1.82) is 0 Å². The lowest BCUT2D eigenvalue weighted by atomic mass is 10.2. The first-order valence-electron chi connectivity index (χ1n) is 5.35. The van der Waals surface area contributed by atoms with E-state index in [1.165, 1.54) is 0 Å². The smallest absolute Gasteiger partial charge is 0.242 e.